The Labute approximate surface area is 102 Å². The van der Waals surface area contributed by atoms with Crippen molar-refractivity contribution in [2.75, 3.05) is 5.32 Å². The van der Waals surface area contributed by atoms with Crippen molar-refractivity contribution in [2.45, 2.75) is 6.92 Å². The van der Waals surface area contributed by atoms with Crippen molar-refractivity contribution in [2.24, 2.45) is 0 Å². The van der Waals surface area contributed by atoms with Crippen LogP contribution >= 0.6 is 23.8 Å². The average Bonchev–Trinajstić information content (AvgIpc) is 2.22. The maximum absolute atomic E-state index is 11.0. The minimum absolute atomic E-state index is 0.146. The van der Waals surface area contributed by atoms with Crippen LogP contribution in [0.15, 0.2) is 24.4 Å². The summed E-state index contributed by atoms with van der Waals surface area (Å²) in [5.74, 6) is -0.146. The van der Waals surface area contributed by atoms with Crippen LogP contribution in [-0.2, 0) is 4.79 Å². The van der Waals surface area contributed by atoms with Crippen molar-refractivity contribution in [1.29, 1.82) is 0 Å². The van der Waals surface area contributed by atoms with Crippen molar-refractivity contribution < 1.29 is 4.79 Å². The van der Waals surface area contributed by atoms with Gasteiger partial charge in [0.15, 0.2) is 0 Å². The molecule has 0 atom stereocenters. The molecular formula is C11H9ClN2OS. The van der Waals surface area contributed by atoms with Crippen LogP contribution in [0.25, 0.3) is 10.9 Å². The Hall–Kier alpha value is -1.39. The molecule has 0 aliphatic rings. The van der Waals surface area contributed by atoms with Gasteiger partial charge in [-0.1, -0.05) is 23.8 Å². The first-order valence-corrected chi connectivity index (χ1v) is 5.45. The highest BCUT2D eigenvalue weighted by Crippen LogP contribution is 2.22. The highest BCUT2D eigenvalue weighted by molar-refractivity contribution is 7.71. The van der Waals surface area contributed by atoms with E-state index in [1.54, 1.807) is 18.3 Å². The zero-order chi connectivity index (χ0) is 11.7. The number of hydrogen-bond donors (Lipinski definition) is 2. The lowest BCUT2D eigenvalue weighted by Crippen LogP contribution is -2.06. The molecule has 1 aromatic heterocycles. The smallest absolute Gasteiger partial charge is 0.221 e. The largest absolute Gasteiger partial charge is 0.359 e. The fraction of sp³-hybridized carbons (Fsp3) is 0.0909. The number of carbonyl (C=O) groups excluding carboxylic acids is 1. The van der Waals surface area contributed by atoms with E-state index in [4.69, 9.17) is 23.8 Å². The molecule has 0 aliphatic heterocycles. The Bertz CT molecular complexity index is 621. The second-order valence-electron chi connectivity index (χ2n) is 3.40. The average molecular weight is 253 g/mol. The number of aromatic nitrogens is 1. The van der Waals surface area contributed by atoms with Crippen LogP contribution in [0.1, 0.15) is 6.92 Å². The number of carbonyl (C=O) groups is 1. The molecule has 1 heterocycles. The molecule has 0 aliphatic carbocycles. The molecule has 3 nitrogen and oxygen atoms in total. The molecule has 82 valence electrons. The molecule has 0 saturated heterocycles. The molecule has 2 rings (SSSR count). The van der Waals surface area contributed by atoms with E-state index < -0.39 is 0 Å². The van der Waals surface area contributed by atoms with Crippen molar-refractivity contribution >= 4 is 46.3 Å². The first kappa shape index (κ1) is 11.1. The van der Waals surface area contributed by atoms with Gasteiger partial charge in [0.25, 0.3) is 0 Å². The van der Waals surface area contributed by atoms with Crippen molar-refractivity contribution in [3.05, 3.63) is 33.9 Å². The Morgan fingerprint density at radius 3 is 2.94 bits per heavy atom. The van der Waals surface area contributed by atoms with Crippen LogP contribution in [0.3, 0.4) is 0 Å². The van der Waals surface area contributed by atoms with E-state index >= 15 is 0 Å². The van der Waals surface area contributed by atoms with Gasteiger partial charge in [-0.15, -0.1) is 0 Å². The molecule has 1 amide bonds. The number of anilines is 1. The minimum atomic E-state index is -0.146. The summed E-state index contributed by atoms with van der Waals surface area (Å²) in [6.07, 6.45) is 1.67. The van der Waals surface area contributed by atoms with Crippen LogP contribution in [0, 0.1) is 4.51 Å². The van der Waals surface area contributed by atoms with Gasteiger partial charge >= 0.3 is 0 Å². The molecule has 2 aromatic rings. The number of amides is 1. The van der Waals surface area contributed by atoms with E-state index in [1.807, 2.05) is 6.07 Å². The second kappa shape index (κ2) is 4.23. The fourth-order valence-corrected chi connectivity index (χ4v) is 1.94. The summed E-state index contributed by atoms with van der Waals surface area (Å²) in [6.45, 7) is 1.45. The lowest BCUT2D eigenvalue weighted by atomic mass is 10.2. The van der Waals surface area contributed by atoms with Crippen molar-refractivity contribution in [1.82, 2.24) is 4.98 Å². The molecule has 5 heteroatoms. The van der Waals surface area contributed by atoms with Gasteiger partial charge in [-0.05, 0) is 18.2 Å². The maximum atomic E-state index is 11.0. The number of pyridine rings is 1. The van der Waals surface area contributed by atoms with Crippen LogP contribution in [0.5, 0.6) is 0 Å². The molecule has 16 heavy (non-hydrogen) atoms. The lowest BCUT2D eigenvalue weighted by Gasteiger charge is -2.05. The van der Waals surface area contributed by atoms with Gasteiger partial charge in [-0.3, -0.25) is 4.79 Å². The first-order chi connectivity index (χ1) is 7.58. The number of H-pyrrole nitrogens is 1. The summed E-state index contributed by atoms with van der Waals surface area (Å²) in [6, 6.07) is 5.40. The normalized spacial score (nSPS) is 10.4. The van der Waals surface area contributed by atoms with Gasteiger partial charge in [0.05, 0.1) is 10.2 Å². The number of benzene rings is 1. The fourth-order valence-electron chi connectivity index (χ4n) is 1.48. The second-order valence-corrected chi connectivity index (χ2v) is 4.25. The number of rotatable bonds is 1. The van der Waals surface area contributed by atoms with Gasteiger partial charge in [0.2, 0.25) is 5.91 Å². The molecule has 0 saturated carbocycles. The molecule has 1 aromatic carbocycles. The summed E-state index contributed by atoms with van der Waals surface area (Å²) >= 11 is 11.1. The topological polar surface area (TPSA) is 44.9 Å². The molecule has 2 N–H and O–H groups in total. The minimum Gasteiger partial charge on any atom is -0.359 e. The molecule has 0 fully saturated rings. The Morgan fingerprint density at radius 2 is 2.25 bits per heavy atom. The van der Waals surface area contributed by atoms with Crippen molar-refractivity contribution in [3.63, 3.8) is 0 Å². The highest BCUT2D eigenvalue weighted by atomic mass is 35.5. The van der Waals surface area contributed by atoms with E-state index in [9.17, 15) is 4.79 Å². The van der Waals surface area contributed by atoms with Crippen LogP contribution in [0.4, 0.5) is 5.69 Å². The van der Waals surface area contributed by atoms with Crippen molar-refractivity contribution in [3.8, 4) is 0 Å². The third-order valence-corrected chi connectivity index (χ3v) is 2.83. The molecule has 0 spiro atoms. The van der Waals surface area contributed by atoms with Gasteiger partial charge < -0.3 is 10.3 Å². The maximum Gasteiger partial charge on any atom is 0.221 e. The monoisotopic (exact) mass is 252 g/mol. The molecule has 0 unspecified atom stereocenters. The van der Waals surface area contributed by atoms with E-state index in [0.717, 1.165) is 10.9 Å². The number of fused-ring (bicyclic) bond motifs is 1. The van der Waals surface area contributed by atoms with E-state index in [-0.39, 0.29) is 5.91 Å². The number of hydrogen-bond acceptors (Lipinski definition) is 2. The molecular weight excluding hydrogens is 244 g/mol. The number of nitrogens with one attached hydrogen (secondary N) is 2. The Morgan fingerprint density at radius 1 is 1.50 bits per heavy atom. The summed E-state index contributed by atoms with van der Waals surface area (Å²) < 4.78 is 0.612. The summed E-state index contributed by atoms with van der Waals surface area (Å²) in [5, 5.41) is 4.18. The van der Waals surface area contributed by atoms with Gasteiger partial charge in [-0.2, -0.15) is 0 Å². The van der Waals surface area contributed by atoms with Crippen LogP contribution < -0.4 is 5.32 Å². The SMILES string of the molecule is CC(=O)Nc1c[nH]c2cc(Cl)ccc2c1=S. The third-order valence-electron chi connectivity index (χ3n) is 2.15. The third kappa shape index (κ3) is 2.08. The zero-order valence-corrected chi connectivity index (χ0v) is 10.1. The van der Waals surface area contributed by atoms with E-state index in [2.05, 4.69) is 10.3 Å². The first-order valence-electron chi connectivity index (χ1n) is 4.66. The summed E-state index contributed by atoms with van der Waals surface area (Å²) in [4.78, 5) is 14.0. The summed E-state index contributed by atoms with van der Waals surface area (Å²) in [7, 11) is 0. The quantitative estimate of drug-likeness (QED) is 0.763. The van der Waals surface area contributed by atoms with Gasteiger partial charge in [0, 0.05) is 29.0 Å². The standard InChI is InChI=1S/C11H9ClN2OS/c1-6(15)14-10-5-13-9-4-7(12)2-3-8(9)11(10)16/h2-5H,1H3,(H,13,16)(H,14,15). The molecule has 0 bridgehead atoms. The van der Waals surface area contributed by atoms with Crippen LogP contribution in [-0.4, -0.2) is 10.9 Å². The predicted molar refractivity (Wildman–Crippen MR) is 68.4 cm³/mol. The Kier molecular flexibility index (Phi) is 2.94. The summed E-state index contributed by atoms with van der Waals surface area (Å²) in [5.41, 5.74) is 1.46. The molecule has 0 radical (unpaired) electrons. The van der Waals surface area contributed by atoms with Gasteiger partial charge in [0.1, 0.15) is 0 Å². The predicted octanol–water partition coefficient (Wildman–Crippen LogP) is 3.51. The number of halogens is 1. The zero-order valence-electron chi connectivity index (χ0n) is 8.50. The van der Waals surface area contributed by atoms with Crippen LogP contribution in [0.2, 0.25) is 5.02 Å². The Balaban J connectivity index is 2.66. The number of aromatic amines is 1. The van der Waals surface area contributed by atoms with Gasteiger partial charge in [-0.25, -0.2) is 0 Å². The highest BCUT2D eigenvalue weighted by Gasteiger charge is 2.03. The lowest BCUT2D eigenvalue weighted by molar-refractivity contribution is -0.114. The van der Waals surface area contributed by atoms with E-state index in [1.165, 1.54) is 6.92 Å². The van der Waals surface area contributed by atoms with E-state index in [0.29, 0.717) is 15.2 Å².